The lowest BCUT2D eigenvalue weighted by atomic mass is 9.99. The molecule has 0 atom stereocenters. The molecule has 0 aliphatic rings. The van der Waals surface area contributed by atoms with Crippen molar-refractivity contribution in [2.24, 2.45) is 0 Å². The Hall–Kier alpha value is -3.47. The maximum absolute atomic E-state index is 14.0. The van der Waals surface area contributed by atoms with E-state index >= 15 is 0 Å². The van der Waals surface area contributed by atoms with E-state index in [1.807, 2.05) is 6.07 Å². The molecule has 0 bridgehead atoms. The molecule has 0 fully saturated rings. The summed E-state index contributed by atoms with van der Waals surface area (Å²) >= 11 is 0. The van der Waals surface area contributed by atoms with Crippen molar-refractivity contribution in [2.45, 2.75) is 19.4 Å². The number of rotatable bonds is 4. The highest BCUT2D eigenvalue weighted by Gasteiger charge is 2.26. The molecule has 0 aliphatic heterocycles. The minimum Gasteiger partial charge on any atom is -0.342 e. The van der Waals surface area contributed by atoms with Gasteiger partial charge in [0, 0.05) is 11.8 Å². The van der Waals surface area contributed by atoms with Gasteiger partial charge in [-0.2, -0.15) is 5.26 Å². The van der Waals surface area contributed by atoms with E-state index in [1.165, 1.54) is 42.7 Å². The van der Waals surface area contributed by atoms with Crippen LogP contribution in [0.3, 0.4) is 0 Å². The topological polar surface area (TPSA) is 87.4 Å². The fraction of sp³-hybridized carbons (Fsp3) is 0.167. The fourth-order valence-corrected chi connectivity index (χ4v) is 2.43. The van der Waals surface area contributed by atoms with E-state index in [4.69, 9.17) is 5.26 Å². The van der Waals surface area contributed by atoms with Crippen LogP contribution in [0.5, 0.6) is 0 Å². The summed E-state index contributed by atoms with van der Waals surface area (Å²) in [4.78, 5) is 8.16. The van der Waals surface area contributed by atoms with E-state index in [2.05, 4.69) is 25.5 Å². The summed E-state index contributed by atoms with van der Waals surface area (Å²) in [5.41, 5.74) is -0.0595. The monoisotopic (exact) mass is 352 g/mol. The van der Waals surface area contributed by atoms with Gasteiger partial charge < -0.3 is 5.32 Å². The number of anilines is 1. The second-order valence-corrected chi connectivity index (χ2v) is 6.06. The Morgan fingerprint density at radius 3 is 2.54 bits per heavy atom. The van der Waals surface area contributed by atoms with Gasteiger partial charge in [-0.1, -0.05) is 0 Å². The van der Waals surface area contributed by atoms with E-state index in [0.29, 0.717) is 5.56 Å². The molecule has 130 valence electrons. The van der Waals surface area contributed by atoms with Crippen LogP contribution in [0.4, 0.5) is 14.7 Å². The number of nitrogens with one attached hydrogen (secondary N) is 1. The lowest BCUT2D eigenvalue weighted by Gasteiger charge is -2.25. The van der Waals surface area contributed by atoms with E-state index < -0.39 is 17.2 Å². The molecule has 1 N–H and O–H groups in total. The third kappa shape index (κ3) is 3.47. The van der Waals surface area contributed by atoms with E-state index in [9.17, 15) is 8.78 Å². The van der Waals surface area contributed by atoms with Gasteiger partial charge in [0.1, 0.15) is 23.0 Å². The van der Waals surface area contributed by atoms with Gasteiger partial charge in [-0.15, -0.1) is 10.2 Å². The Labute approximate surface area is 148 Å². The van der Waals surface area contributed by atoms with Gasteiger partial charge in [0.05, 0.1) is 23.4 Å². The zero-order valence-electron chi connectivity index (χ0n) is 14.0. The smallest absolute Gasteiger partial charge is 0.243 e. The normalized spacial score (nSPS) is 11.0. The van der Waals surface area contributed by atoms with Gasteiger partial charge in [-0.05, 0) is 44.2 Å². The Kier molecular flexibility index (Phi) is 4.54. The fourth-order valence-electron chi connectivity index (χ4n) is 2.43. The SMILES string of the molecule is CC(C)(Nc1ncc(-c2cc(C#N)ccc2F)nn1)c1ncccc1F. The summed E-state index contributed by atoms with van der Waals surface area (Å²) in [6.45, 7) is 3.46. The molecule has 0 saturated heterocycles. The van der Waals surface area contributed by atoms with Crippen molar-refractivity contribution in [3.8, 4) is 17.3 Å². The largest absolute Gasteiger partial charge is 0.342 e. The average Bonchev–Trinajstić information content (AvgIpc) is 2.63. The molecule has 0 unspecified atom stereocenters. The first-order valence-electron chi connectivity index (χ1n) is 7.69. The van der Waals surface area contributed by atoms with Crippen molar-refractivity contribution in [2.75, 3.05) is 5.32 Å². The molecule has 2 heterocycles. The van der Waals surface area contributed by atoms with Crippen LogP contribution >= 0.6 is 0 Å². The molecule has 0 aliphatic carbocycles. The van der Waals surface area contributed by atoms with Crippen LogP contribution in [-0.4, -0.2) is 20.2 Å². The average molecular weight is 352 g/mol. The van der Waals surface area contributed by atoms with Crippen LogP contribution in [-0.2, 0) is 5.54 Å². The van der Waals surface area contributed by atoms with Crippen LogP contribution in [0.2, 0.25) is 0 Å². The molecule has 26 heavy (non-hydrogen) atoms. The molecular weight excluding hydrogens is 338 g/mol. The molecule has 0 spiro atoms. The van der Waals surface area contributed by atoms with Crippen LogP contribution in [0, 0.1) is 23.0 Å². The Morgan fingerprint density at radius 2 is 1.88 bits per heavy atom. The third-order valence-electron chi connectivity index (χ3n) is 3.71. The molecule has 0 amide bonds. The number of pyridine rings is 1. The van der Waals surface area contributed by atoms with Gasteiger partial charge in [0.15, 0.2) is 0 Å². The molecule has 3 rings (SSSR count). The Balaban J connectivity index is 1.87. The Bertz CT molecular complexity index is 980. The minimum atomic E-state index is -0.888. The standard InChI is InChI=1S/C18H14F2N6/c1-18(2,16-14(20)4-3-7-22-16)24-17-23-10-15(25-26-17)12-8-11(9-21)5-6-13(12)19/h3-8,10H,1-2H3,(H,23,24,26). The molecule has 1 aromatic carbocycles. The van der Waals surface area contributed by atoms with Gasteiger partial charge in [-0.3, -0.25) is 4.98 Å². The van der Waals surface area contributed by atoms with Crippen LogP contribution in [0.15, 0.2) is 42.7 Å². The second-order valence-electron chi connectivity index (χ2n) is 6.06. The number of halogens is 2. The quantitative estimate of drug-likeness (QED) is 0.774. The van der Waals surface area contributed by atoms with Gasteiger partial charge in [-0.25, -0.2) is 13.8 Å². The summed E-state index contributed by atoms with van der Waals surface area (Å²) < 4.78 is 27.9. The van der Waals surface area contributed by atoms with E-state index in [0.717, 1.165) is 0 Å². The summed E-state index contributed by atoms with van der Waals surface area (Å²) in [6, 6.07) is 8.70. The van der Waals surface area contributed by atoms with Crippen molar-refractivity contribution in [1.29, 1.82) is 5.26 Å². The number of nitriles is 1. The predicted octanol–water partition coefficient (Wildman–Crippen LogP) is 3.43. The highest BCUT2D eigenvalue weighted by molar-refractivity contribution is 5.61. The first-order chi connectivity index (χ1) is 12.4. The molecule has 0 radical (unpaired) electrons. The van der Waals surface area contributed by atoms with Crippen molar-refractivity contribution in [3.05, 3.63) is 65.6 Å². The number of hydrogen-bond donors (Lipinski definition) is 1. The number of hydrogen-bond acceptors (Lipinski definition) is 6. The highest BCUT2D eigenvalue weighted by atomic mass is 19.1. The zero-order chi connectivity index (χ0) is 18.7. The molecule has 8 heteroatoms. The van der Waals surface area contributed by atoms with E-state index in [1.54, 1.807) is 13.8 Å². The number of benzene rings is 1. The summed E-state index contributed by atoms with van der Waals surface area (Å²) in [7, 11) is 0. The maximum Gasteiger partial charge on any atom is 0.243 e. The third-order valence-corrected chi connectivity index (χ3v) is 3.71. The first kappa shape index (κ1) is 17.4. The maximum atomic E-state index is 14.0. The zero-order valence-corrected chi connectivity index (χ0v) is 14.0. The Morgan fingerprint density at radius 1 is 1.08 bits per heavy atom. The molecule has 0 saturated carbocycles. The van der Waals surface area contributed by atoms with Crippen molar-refractivity contribution < 1.29 is 8.78 Å². The predicted molar refractivity (Wildman–Crippen MR) is 90.8 cm³/mol. The van der Waals surface area contributed by atoms with Crippen LogP contribution < -0.4 is 5.32 Å². The van der Waals surface area contributed by atoms with Crippen molar-refractivity contribution in [1.82, 2.24) is 20.2 Å². The van der Waals surface area contributed by atoms with Gasteiger partial charge in [0.2, 0.25) is 5.95 Å². The van der Waals surface area contributed by atoms with Crippen LogP contribution in [0.25, 0.3) is 11.3 Å². The van der Waals surface area contributed by atoms with Crippen molar-refractivity contribution >= 4 is 5.95 Å². The van der Waals surface area contributed by atoms with Gasteiger partial charge >= 0.3 is 0 Å². The van der Waals surface area contributed by atoms with E-state index in [-0.39, 0.29) is 22.9 Å². The second kappa shape index (κ2) is 6.80. The summed E-state index contributed by atoms with van der Waals surface area (Å²) in [5, 5.41) is 19.8. The molecule has 2 aromatic heterocycles. The minimum absolute atomic E-state index is 0.130. The van der Waals surface area contributed by atoms with Gasteiger partial charge in [0.25, 0.3) is 0 Å². The highest BCUT2D eigenvalue weighted by Crippen LogP contribution is 2.25. The molecule has 6 nitrogen and oxygen atoms in total. The van der Waals surface area contributed by atoms with Crippen molar-refractivity contribution in [3.63, 3.8) is 0 Å². The lowest BCUT2D eigenvalue weighted by Crippen LogP contribution is -2.31. The first-order valence-corrected chi connectivity index (χ1v) is 7.69. The molecular formula is C18H14F2N6. The summed E-state index contributed by atoms with van der Waals surface area (Å²) in [5.74, 6) is -0.845. The number of aromatic nitrogens is 4. The lowest BCUT2D eigenvalue weighted by molar-refractivity contribution is 0.510. The summed E-state index contributed by atoms with van der Waals surface area (Å²) in [6.07, 6.45) is 2.83. The molecule has 3 aromatic rings. The van der Waals surface area contributed by atoms with Crippen LogP contribution in [0.1, 0.15) is 25.1 Å². The number of nitrogens with zero attached hydrogens (tertiary/aromatic N) is 5.